The summed E-state index contributed by atoms with van der Waals surface area (Å²) < 4.78 is 5.11. The molecule has 0 radical (unpaired) electrons. The Kier molecular flexibility index (Phi) is 3.44. The molecule has 0 aliphatic carbocycles. The molecule has 2 aromatic rings. The summed E-state index contributed by atoms with van der Waals surface area (Å²) in [5.41, 5.74) is 0.160. The molecule has 0 saturated carbocycles. The van der Waals surface area contributed by atoms with Crippen LogP contribution in [0.25, 0.3) is 10.2 Å². The number of nitro groups is 1. The van der Waals surface area contributed by atoms with E-state index in [1.165, 1.54) is 12.1 Å². The molecular formula is C10H7ClN2O4S. The van der Waals surface area contributed by atoms with Crippen LogP contribution in [0, 0.1) is 10.1 Å². The summed E-state index contributed by atoms with van der Waals surface area (Å²) in [6, 6.07) is 2.71. The number of esters is 1. The fourth-order valence-corrected chi connectivity index (χ4v) is 2.53. The summed E-state index contributed by atoms with van der Waals surface area (Å²) in [6.45, 7) is 1.89. The molecule has 0 atom stereocenters. The second kappa shape index (κ2) is 4.87. The van der Waals surface area contributed by atoms with Gasteiger partial charge in [-0.3, -0.25) is 10.1 Å². The van der Waals surface area contributed by atoms with Crippen LogP contribution < -0.4 is 0 Å². The molecule has 0 fully saturated rings. The minimum Gasteiger partial charge on any atom is -0.461 e. The fraction of sp³-hybridized carbons (Fsp3) is 0.200. The average Bonchev–Trinajstić information content (AvgIpc) is 2.71. The standard InChI is InChI=1S/C10H7ClN2O4S/c1-2-17-10(14)9-12-6-3-5(11)4-7(13(15)16)8(6)18-9/h3-4H,2H2,1H3. The number of nitrogens with zero attached hydrogens (tertiary/aromatic N) is 2. The van der Waals surface area contributed by atoms with Crippen molar-refractivity contribution < 1.29 is 14.5 Å². The van der Waals surface area contributed by atoms with Crippen molar-refractivity contribution in [1.29, 1.82) is 0 Å². The second-order valence-corrected chi connectivity index (χ2v) is 4.71. The Labute approximate surface area is 110 Å². The number of hydrogen-bond acceptors (Lipinski definition) is 6. The van der Waals surface area contributed by atoms with Crippen molar-refractivity contribution in [3.63, 3.8) is 0 Å². The van der Waals surface area contributed by atoms with Crippen molar-refractivity contribution in [1.82, 2.24) is 4.98 Å². The molecule has 0 N–H and O–H groups in total. The number of nitro benzene ring substituents is 1. The van der Waals surface area contributed by atoms with Gasteiger partial charge >= 0.3 is 5.97 Å². The molecule has 0 saturated heterocycles. The maximum absolute atomic E-state index is 11.5. The highest BCUT2D eigenvalue weighted by atomic mass is 35.5. The van der Waals surface area contributed by atoms with Gasteiger partial charge in [0.25, 0.3) is 5.69 Å². The van der Waals surface area contributed by atoms with E-state index in [0.29, 0.717) is 10.2 Å². The molecule has 2 rings (SSSR count). The van der Waals surface area contributed by atoms with Gasteiger partial charge in [-0.25, -0.2) is 9.78 Å². The lowest BCUT2D eigenvalue weighted by Gasteiger charge is -1.94. The molecule has 0 aliphatic heterocycles. The van der Waals surface area contributed by atoms with Gasteiger partial charge in [-0.1, -0.05) is 22.9 Å². The third-order valence-corrected chi connectivity index (χ3v) is 3.37. The zero-order valence-electron chi connectivity index (χ0n) is 9.18. The number of fused-ring (bicyclic) bond motifs is 1. The third kappa shape index (κ3) is 2.27. The van der Waals surface area contributed by atoms with Crippen molar-refractivity contribution in [2.75, 3.05) is 6.61 Å². The lowest BCUT2D eigenvalue weighted by atomic mass is 10.3. The van der Waals surface area contributed by atoms with Gasteiger partial charge in [0.1, 0.15) is 4.70 Å². The molecular weight excluding hydrogens is 280 g/mol. The highest BCUT2D eigenvalue weighted by Crippen LogP contribution is 2.34. The smallest absolute Gasteiger partial charge is 0.367 e. The predicted octanol–water partition coefficient (Wildman–Crippen LogP) is 3.03. The van der Waals surface area contributed by atoms with Gasteiger partial charge in [-0.2, -0.15) is 0 Å². The van der Waals surface area contributed by atoms with Crippen molar-refractivity contribution in [2.24, 2.45) is 0 Å². The zero-order valence-corrected chi connectivity index (χ0v) is 10.7. The largest absolute Gasteiger partial charge is 0.461 e. The first-order valence-electron chi connectivity index (χ1n) is 4.94. The highest BCUT2D eigenvalue weighted by molar-refractivity contribution is 7.20. The Bertz CT molecular complexity index is 640. The SMILES string of the molecule is CCOC(=O)c1nc2cc(Cl)cc([N+](=O)[O-])c2s1. The van der Waals surface area contributed by atoms with E-state index in [0.717, 1.165) is 11.3 Å². The molecule has 18 heavy (non-hydrogen) atoms. The maximum atomic E-state index is 11.5. The monoisotopic (exact) mass is 286 g/mol. The summed E-state index contributed by atoms with van der Waals surface area (Å²) in [7, 11) is 0. The average molecular weight is 287 g/mol. The van der Waals surface area contributed by atoms with Crippen LogP contribution in [-0.2, 0) is 4.74 Å². The summed E-state index contributed by atoms with van der Waals surface area (Å²) in [5, 5.41) is 11.2. The molecule has 0 amide bonds. The Morgan fingerprint density at radius 3 is 2.94 bits per heavy atom. The lowest BCUT2D eigenvalue weighted by molar-refractivity contribution is -0.382. The van der Waals surface area contributed by atoms with Crippen LogP contribution >= 0.6 is 22.9 Å². The van der Waals surface area contributed by atoms with Gasteiger partial charge in [0.15, 0.2) is 0 Å². The minimum absolute atomic E-state index is 0.0808. The lowest BCUT2D eigenvalue weighted by Crippen LogP contribution is -2.03. The molecule has 6 nitrogen and oxygen atoms in total. The van der Waals surface area contributed by atoms with Crippen LogP contribution in [0.4, 0.5) is 5.69 Å². The summed E-state index contributed by atoms with van der Waals surface area (Å²) in [6.07, 6.45) is 0. The first kappa shape index (κ1) is 12.7. The van der Waals surface area contributed by atoms with E-state index in [2.05, 4.69) is 4.98 Å². The van der Waals surface area contributed by atoms with Crippen LogP contribution in [0.3, 0.4) is 0 Å². The highest BCUT2D eigenvalue weighted by Gasteiger charge is 2.21. The van der Waals surface area contributed by atoms with Crippen LogP contribution in [0.2, 0.25) is 5.02 Å². The van der Waals surface area contributed by atoms with E-state index >= 15 is 0 Å². The number of rotatable bonds is 3. The molecule has 0 spiro atoms. The molecule has 94 valence electrons. The number of hydrogen-bond donors (Lipinski definition) is 0. The topological polar surface area (TPSA) is 82.3 Å². The van der Waals surface area contributed by atoms with Crippen LogP contribution in [0.15, 0.2) is 12.1 Å². The normalized spacial score (nSPS) is 10.6. The van der Waals surface area contributed by atoms with Crippen molar-refractivity contribution >= 4 is 44.8 Å². The molecule has 8 heteroatoms. The van der Waals surface area contributed by atoms with Crippen molar-refractivity contribution in [3.05, 3.63) is 32.3 Å². The van der Waals surface area contributed by atoms with E-state index in [9.17, 15) is 14.9 Å². The van der Waals surface area contributed by atoms with Crippen LogP contribution in [0.1, 0.15) is 16.7 Å². The number of thiazole rings is 1. The van der Waals surface area contributed by atoms with E-state index in [1.807, 2.05) is 0 Å². The van der Waals surface area contributed by atoms with E-state index < -0.39 is 10.9 Å². The van der Waals surface area contributed by atoms with Crippen molar-refractivity contribution in [2.45, 2.75) is 6.92 Å². The van der Waals surface area contributed by atoms with Crippen LogP contribution in [-0.4, -0.2) is 22.5 Å². The number of carbonyl (C=O) groups excluding carboxylic acids is 1. The third-order valence-electron chi connectivity index (χ3n) is 2.08. The number of aromatic nitrogens is 1. The Hall–Kier alpha value is -1.73. The number of benzene rings is 1. The molecule has 1 aromatic carbocycles. The molecule has 0 bridgehead atoms. The maximum Gasteiger partial charge on any atom is 0.367 e. The number of non-ortho nitro benzene ring substituents is 1. The van der Waals surface area contributed by atoms with Gasteiger partial charge in [0, 0.05) is 11.1 Å². The number of halogens is 1. The summed E-state index contributed by atoms with van der Waals surface area (Å²) in [5.74, 6) is -0.593. The number of carbonyl (C=O) groups is 1. The van der Waals surface area contributed by atoms with E-state index in [4.69, 9.17) is 16.3 Å². The van der Waals surface area contributed by atoms with Crippen LogP contribution in [0.5, 0.6) is 0 Å². The van der Waals surface area contributed by atoms with Gasteiger partial charge in [-0.05, 0) is 13.0 Å². The molecule has 1 aromatic heterocycles. The Balaban J connectivity index is 2.60. The van der Waals surface area contributed by atoms with E-state index in [1.54, 1.807) is 6.92 Å². The summed E-state index contributed by atoms with van der Waals surface area (Å²) in [4.78, 5) is 25.8. The fourth-order valence-electron chi connectivity index (χ4n) is 1.40. The molecule has 0 unspecified atom stereocenters. The molecule has 1 heterocycles. The van der Waals surface area contributed by atoms with Gasteiger partial charge in [0.05, 0.1) is 17.0 Å². The quantitative estimate of drug-likeness (QED) is 0.492. The Morgan fingerprint density at radius 2 is 2.33 bits per heavy atom. The first-order chi connectivity index (χ1) is 8.52. The zero-order chi connectivity index (χ0) is 13.3. The second-order valence-electron chi connectivity index (χ2n) is 3.27. The first-order valence-corrected chi connectivity index (χ1v) is 6.14. The van der Waals surface area contributed by atoms with Crippen molar-refractivity contribution in [3.8, 4) is 0 Å². The number of ether oxygens (including phenoxy) is 1. The minimum atomic E-state index is -0.593. The van der Waals surface area contributed by atoms with Gasteiger partial charge < -0.3 is 4.74 Å². The molecule has 0 aliphatic rings. The van der Waals surface area contributed by atoms with E-state index in [-0.39, 0.29) is 22.3 Å². The Morgan fingerprint density at radius 1 is 1.61 bits per heavy atom. The van der Waals surface area contributed by atoms with Gasteiger partial charge in [-0.15, -0.1) is 0 Å². The predicted molar refractivity (Wildman–Crippen MR) is 67.2 cm³/mol. The summed E-state index contributed by atoms with van der Waals surface area (Å²) >= 11 is 6.68. The van der Waals surface area contributed by atoms with Gasteiger partial charge in [0.2, 0.25) is 5.01 Å².